The van der Waals surface area contributed by atoms with Crippen molar-refractivity contribution >= 4 is 10.0 Å². The monoisotopic (exact) mass is 374 g/mol. The van der Waals surface area contributed by atoms with Crippen LogP contribution >= 0.6 is 0 Å². The molecule has 1 aliphatic heterocycles. The Labute approximate surface area is 155 Å². The van der Waals surface area contributed by atoms with E-state index in [-0.39, 0.29) is 11.0 Å². The maximum absolute atomic E-state index is 11.8. The number of piperidine rings is 1. The number of hydrogen-bond acceptors (Lipinski definition) is 4. The lowest BCUT2D eigenvalue weighted by Gasteiger charge is -2.29. The number of nitrogens with two attached hydrogens (primary N) is 1. The first kappa shape index (κ1) is 19.0. The van der Waals surface area contributed by atoms with Crippen molar-refractivity contribution in [3.05, 3.63) is 54.1 Å². The van der Waals surface area contributed by atoms with Crippen molar-refractivity contribution in [3.63, 3.8) is 0 Å². The molecule has 26 heavy (non-hydrogen) atoms. The maximum Gasteiger partial charge on any atom is 0.238 e. The minimum Gasteiger partial charge on any atom is -0.393 e. The van der Waals surface area contributed by atoms with Gasteiger partial charge in [-0.2, -0.15) is 0 Å². The molecule has 1 heterocycles. The summed E-state index contributed by atoms with van der Waals surface area (Å²) in [7, 11) is -3.75. The summed E-state index contributed by atoms with van der Waals surface area (Å²) in [5.41, 5.74) is 2.72. The van der Waals surface area contributed by atoms with Gasteiger partial charge in [-0.3, -0.25) is 0 Å². The van der Waals surface area contributed by atoms with E-state index in [0.29, 0.717) is 5.56 Å². The molecular weight excluding hydrogens is 348 g/mol. The predicted octanol–water partition coefficient (Wildman–Crippen LogP) is 2.39. The molecule has 0 unspecified atom stereocenters. The molecule has 0 radical (unpaired) electrons. The molecule has 6 heteroatoms. The Morgan fingerprint density at radius 1 is 1.04 bits per heavy atom. The molecule has 5 nitrogen and oxygen atoms in total. The number of primary sulfonamides is 1. The van der Waals surface area contributed by atoms with Gasteiger partial charge in [-0.1, -0.05) is 42.5 Å². The standard InChI is InChI=1S/C20H26N2O3S/c21-26(24,25)20-6-2-1-5-19(20)17-9-7-16(8-10-17)4-3-13-22-14-11-18(23)12-15-22/h1-2,5-10,18,23H,3-4,11-15H2,(H2,21,24,25). The van der Waals surface area contributed by atoms with Crippen molar-refractivity contribution in [1.29, 1.82) is 0 Å². The smallest absolute Gasteiger partial charge is 0.238 e. The van der Waals surface area contributed by atoms with Crippen LogP contribution in [-0.2, 0) is 16.4 Å². The summed E-state index contributed by atoms with van der Waals surface area (Å²) in [6.45, 7) is 3.00. The summed E-state index contributed by atoms with van der Waals surface area (Å²) in [6.07, 6.45) is 3.68. The molecule has 140 valence electrons. The first-order valence-corrected chi connectivity index (χ1v) is 10.6. The Morgan fingerprint density at radius 2 is 1.69 bits per heavy atom. The number of likely N-dealkylation sites (tertiary alicyclic amines) is 1. The Kier molecular flexibility index (Phi) is 6.09. The molecule has 2 aromatic rings. The average molecular weight is 375 g/mol. The molecule has 0 saturated carbocycles. The molecule has 3 rings (SSSR count). The number of hydrogen-bond donors (Lipinski definition) is 2. The number of benzene rings is 2. The van der Waals surface area contributed by atoms with Gasteiger partial charge in [0, 0.05) is 18.7 Å². The quantitative estimate of drug-likeness (QED) is 0.813. The fourth-order valence-electron chi connectivity index (χ4n) is 3.45. The molecule has 0 spiro atoms. The van der Waals surface area contributed by atoms with Crippen LogP contribution in [0.4, 0.5) is 0 Å². The molecule has 1 fully saturated rings. The third-order valence-electron chi connectivity index (χ3n) is 4.96. The molecule has 0 atom stereocenters. The number of aryl methyl sites for hydroxylation is 1. The first-order valence-electron chi connectivity index (χ1n) is 9.05. The van der Waals surface area contributed by atoms with Gasteiger partial charge in [-0.05, 0) is 49.4 Å². The number of aliphatic hydroxyl groups is 1. The van der Waals surface area contributed by atoms with Crippen LogP contribution in [0.25, 0.3) is 11.1 Å². The fraction of sp³-hybridized carbons (Fsp3) is 0.400. The second kappa shape index (κ2) is 8.31. The zero-order valence-electron chi connectivity index (χ0n) is 14.8. The summed E-state index contributed by atoms with van der Waals surface area (Å²) in [4.78, 5) is 2.56. The van der Waals surface area contributed by atoms with Gasteiger partial charge in [0.15, 0.2) is 0 Å². The van der Waals surface area contributed by atoms with Gasteiger partial charge in [0.25, 0.3) is 0 Å². The van der Waals surface area contributed by atoms with Gasteiger partial charge in [0.1, 0.15) is 0 Å². The van der Waals surface area contributed by atoms with E-state index in [2.05, 4.69) is 17.0 Å². The second-order valence-electron chi connectivity index (χ2n) is 6.91. The molecule has 0 aliphatic carbocycles. The minimum absolute atomic E-state index is 0.126. The van der Waals surface area contributed by atoms with Gasteiger partial charge in [-0.15, -0.1) is 0 Å². The normalized spacial score (nSPS) is 16.7. The van der Waals surface area contributed by atoms with Crippen LogP contribution in [0.15, 0.2) is 53.4 Å². The Hall–Kier alpha value is -1.73. The highest BCUT2D eigenvalue weighted by Gasteiger charge is 2.16. The number of nitrogens with zero attached hydrogens (tertiary/aromatic N) is 1. The summed E-state index contributed by atoms with van der Waals surface area (Å²) < 4.78 is 23.5. The lowest BCUT2D eigenvalue weighted by Crippen LogP contribution is -2.36. The first-order chi connectivity index (χ1) is 12.4. The van der Waals surface area contributed by atoms with E-state index in [4.69, 9.17) is 5.14 Å². The largest absolute Gasteiger partial charge is 0.393 e. The van der Waals surface area contributed by atoms with Gasteiger partial charge in [-0.25, -0.2) is 13.6 Å². The molecule has 2 aromatic carbocycles. The van der Waals surface area contributed by atoms with Crippen LogP contribution in [0.1, 0.15) is 24.8 Å². The van der Waals surface area contributed by atoms with Crippen molar-refractivity contribution in [3.8, 4) is 11.1 Å². The molecule has 0 aromatic heterocycles. The topological polar surface area (TPSA) is 83.6 Å². The van der Waals surface area contributed by atoms with Gasteiger partial charge < -0.3 is 10.0 Å². The number of aliphatic hydroxyl groups excluding tert-OH is 1. The van der Waals surface area contributed by atoms with E-state index >= 15 is 0 Å². The Morgan fingerprint density at radius 3 is 2.35 bits per heavy atom. The van der Waals surface area contributed by atoms with Crippen LogP contribution in [-0.4, -0.2) is 44.2 Å². The molecular formula is C20H26N2O3S. The van der Waals surface area contributed by atoms with Gasteiger partial charge >= 0.3 is 0 Å². The van der Waals surface area contributed by atoms with Crippen LogP contribution in [0.5, 0.6) is 0 Å². The zero-order chi connectivity index (χ0) is 18.6. The van der Waals surface area contributed by atoms with Crippen LogP contribution in [0, 0.1) is 0 Å². The third kappa shape index (κ3) is 4.92. The summed E-state index contributed by atoms with van der Waals surface area (Å²) >= 11 is 0. The van der Waals surface area contributed by atoms with Crippen molar-refractivity contribution in [2.45, 2.75) is 36.7 Å². The van der Waals surface area contributed by atoms with Crippen LogP contribution in [0.2, 0.25) is 0 Å². The van der Waals surface area contributed by atoms with Gasteiger partial charge in [0.05, 0.1) is 11.0 Å². The van der Waals surface area contributed by atoms with Crippen molar-refractivity contribution in [1.82, 2.24) is 4.90 Å². The Bertz CT molecular complexity index is 826. The van der Waals surface area contributed by atoms with Crippen LogP contribution < -0.4 is 5.14 Å². The average Bonchev–Trinajstić information content (AvgIpc) is 2.63. The number of rotatable bonds is 6. The molecule has 0 bridgehead atoms. The SMILES string of the molecule is NS(=O)(=O)c1ccccc1-c1ccc(CCCN2CCC(O)CC2)cc1. The van der Waals surface area contributed by atoms with Crippen LogP contribution in [0.3, 0.4) is 0 Å². The minimum atomic E-state index is -3.75. The van der Waals surface area contributed by atoms with Crippen molar-refractivity contribution in [2.24, 2.45) is 5.14 Å². The summed E-state index contributed by atoms with van der Waals surface area (Å²) in [6, 6.07) is 14.8. The lowest BCUT2D eigenvalue weighted by molar-refractivity contribution is 0.0821. The Balaban J connectivity index is 1.61. The molecule has 1 saturated heterocycles. The predicted molar refractivity (Wildman–Crippen MR) is 103 cm³/mol. The van der Waals surface area contributed by atoms with E-state index in [1.807, 2.05) is 18.2 Å². The maximum atomic E-state index is 11.8. The van der Waals surface area contributed by atoms with E-state index in [0.717, 1.165) is 50.9 Å². The molecule has 3 N–H and O–H groups in total. The third-order valence-corrected chi connectivity index (χ3v) is 5.92. The zero-order valence-corrected chi connectivity index (χ0v) is 15.7. The second-order valence-corrected chi connectivity index (χ2v) is 8.44. The van der Waals surface area contributed by atoms with E-state index in [1.165, 1.54) is 11.6 Å². The van der Waals surface area contributed by atoms with Crippen molar-refractivity contribution in [2.75, 3.05) is 19.6 Å². The summed E-state index contributed by atoms with van der Waals surface area (Å²) in [5, 5.41) is 14.9. The lowest BCUT2D eigenvalue weighted by atomic mass is 10.0. The highest BCUT2D eigenvalue weighted by atomic mass is 32.2. The van der Waals surface area contributed by atoms with E-state index in [9.17, 15) is 13.5 Å². The highest BCUT2D eigenvalue weighted by Crippen LogP contribution is 2.26. The molecule has 1 aliphatic rings. The van der Waals surface area contributed by atoms with E-state index < -0.39 is 10.0 Å². The summed E-state index contributed by atoms with van der Waals surface area (Å²) in [5.74, 6) is 0. The van der Waals surface area contributed by atoms with E-state index in [1.54, 1.807) is 12.1 Å². The number of sulfonamides is 1. The highest BCUT2D eigenvalue weighted by molar-refractivity contribution is 7.89. The molecule has 0 amide bonds. The van der Waals surface area contributed by atoms with Gasteiger partial charge in [0.2, 0.25) is 10.0 Å². The fourth-order valence-corrected chi connectivity index (χ4v) is 4.21. The van der Waals surface area contributed by atoms with Crippen molar-refractivity contribution < 1.29 is 13.5 Å².